The molecule has 5 nitrogen and oxygen atoms in total. The van der Waals surface area contributed by atoms with Crippen LogP contribution in [0.15, 0.2) is 42.5 Å². The average Bonchev–Trinajstić information content (AvgIpc) is 2.77. The molecule has 3 N–H and O–H groups in total. The number of benzene rings is 2. The molecule has 0 aliphatic rings. The van der Waals surface area contributed by atoms with Crippen LogP contribution in [-0.4, -0.2) is 39.6 Å². The fourth-order valence-electron chi connectivity index (χ4n) is 4.36. The maximum Gasteiger partial charge on any atom is 0.303 e. The highest BCUT2D eigenvalue weighted by atomic mass is 16.5. The van der Waals surface area contributed by atoms with Crippen molar-refractivity contribution in [2.75, 3.05) is 6.61 Å². The number of ether oxygens (including phenoxy) is 1. The summed E-state index contributed by atoms with van der Waals surface area (Å²) in [6.45, 7) is 12.1. The standard InChI is InChI=1S/C29H40O5/c1-7-29(8-2,23-10-9-22(20(3)17-23)15-16-28(5,6)33)24-11-13-26(21(4)18-24)34-19-25(30)12-14-27(31)32/h9-11,13,15-18,25,30,33H,7-8,12,14,19H2,1-6H3,(H,31,32)/b16-15+/t25-/m0/s1. The van der Waals surface area contributed by atoms with E-state index in [1.54, 1.807) is 13.8 Å². The summed E-state index contributed by atoms with van der Waals surface area (Å²) in [4.78, 5) is 10.7. The largest absolute Gasteiger partial charge is 0.491 e. The third-order valence-electron chi connectivity index (χ3n) is 6.55. The Balaban J connectivity index is 2.30. The SMILES string of the molecule is CCC(CC)(c1ccc(/C=C/C(C)(C)O)c(C)c1)c1ccc(OC[C@@H](O)CCC(=O)O)c(C)c1. The van der Waals surface area contributed by atoms with Gasteiger partial charge in [-0.05, 0) is 80.8 Å². The second-order valence-electron chi connectivity index (χ2n) is 9.73. The van der Waals surface area contributed by atoms with Crippen molar-refractivity contribution < 1.29 is 24.9 Å². The Bertz CT molecular complexity index is 996. The van der Waals surface area contributed by atoms with Gasteiger partial charge in [0.15, 0.2) is 0 Å². The number of aryl methyl sites for hydroxylation is 2. The van der Waals surface area contributed by atoms with Crippen LogP contribution in [0.25, 0.3) is 6.08 Å². The highest BCUT2D eigenvalue weighted by molar-refractivity contribution is 5.66. The van der Waals surface area contributed by atoms with Crippen molar-refractivity contribution in [1.82, 2.24) is 0 Å². The van der Waals surface area contributed by atoms with Crippen molar-refractivity contribution >= 4 is 12.0 Å². The average molecular weight is 469 g/mol. The molecule has 0 fully saturated rings. The van der Waals surface area contributed by atoms with E-state index in [1.165, 1.54) is 11.1 Å². The first-order chi connectivity index (χ1) is 15.9. The van der Waals surface area contributed by atoms with Gasteiger partial charge in [-0.15, -0.1) is 0 Å². The van der Waals surface area contributed by atoms with Crippen LogP contribution in [0.1, 0.15) is 81.2 Å². The zero-order valence-electron chi connectivity index (χ0n) is 21.4. The second-order valence-corrected chi connectivity index (χ2v) is 9.73. The normalized spacial score (nSPS) is 13.3. The van der Waals surface area contributed by atoms with Crippen LogP contribution in [0, 0.1) is 13.8 Å². The number of carboxylic acid groups (broad SMARTS) is 1. The zero-order chi connectivity index (χ0) is 25.5. The minimum absolute atomic E-state index is 0.0684. The van der Waals surface area contributed by atoms with E-state index in [-0.39, 0.29) is 24.9 Å². The lowest BCUT2D eigenvalue weighted by Crippen LogP contribution is -2.26. The third-order valence-corrected chi connectivity index (χ3v) is 6.55. The molecule has 2 aromatic rings. The van der Waals surface area contributed by atoms with Gasteiger partial charge < -0.3 is 20.1 Å². The monoisotopic (exact) mass is 468 g/mol. The van der Waals surface area contributed by atoms with Crippen LogP contribution in [0.4, 0.5) is 0 Å². The minimum atomic E-state index is -0.924. The molecule has 34 heavy (non-hydrogen) atoms. The van der Waals surface area contributed by atoms with E-state index >= 15 is 0 Å². The number of hydrogen-bond acceptors (Lipinski definition) is 4. The Morgan fingerprint density at radius 1 is 1.03 bits per heavy atom. The molecule has 0 unspecified atom stereocenters. The molecule has 2 rings (SSSR count). The van der Waals surface area contributed by atoms with Gasteiger partial charge in [0, 0.05) is 11.8 Å². The van der Waals surface area contributed by atoms with Gasteiger partial charge >= 0.3 is 5.97 Å². The number of aliphatic hydroxyl groups is 2. The summed E-state index contributed by atoms with van der Waals surface area (Å²) in [6, 6.07) is 12.7. The molecule has 0 aromatic heterocycles. The predicted molar refractivity (Wildman–Crippen MR) is 137 cm³/mol. The topological polar surface area (TPSA) is 87.0 Å². The van der Waals surface area contributed by atoms with Crippen molar-refractivity contribution in [3.05, 3.63) is 70.3 Å². The van der Waals surface area contributed by atoms with E-state index < -0.39 is 17.7 Å². The molecule has 2 aromatic carbocycles. The molecular formula is C29H40O5. The number of aliphatic carboxylic acids is 1. The quantitative estimate of drug-likeness (QED) is 0.367. The Labute approximate surface area is 204 Å². The minimum Gasteiger partial charge on any atom is -0.491 e. The first-order valence-electron chi connectivity index (χ1n) is 12.1. The number of aliphatic hydroxyl groups excluding tert-OH is 1. The lowest BCUT2D eigenvalue weighted by molar-refractivity contribution is -0.137. The Kier molecular flexibility index (Phi) is 9.48. The Morgan fingerprint density at radius 2 is 1.62 bits per heavy atom. The Morgan fingerprint density at radius 3 is 2.12 bits per heavy atom. The fourth-order valence-corrected chi connectivity index (χ4v) is 4.36. The summed E-state index contributed by atoms with van der Waals surface area (Å²) in [5.41, 5.74) is 4.71. The summed E-state index contributed by atoms with van der Waals surface area (Å²) < 4.78 is 5.79. The molecule has 0 spiro atoms. The van der Waals surface area contributed by atoms with E-state index in [1.807, 2.05) is 25.1 Å². The van der Waals surface area contributed by atoms with E-state index in [0.29, 0.717) is 5.75 Å². The van der Waals surface area contributed by atoms with Crippen LogP contribution in [0.2, 0.25) is 0 Å². The van der Waals surface area contributed by atoms with Gasteiger partial charge in [-0.3, -0.25) is 4.79 Å². The molecular weight excluding hydrogens is 428 g/mol. The van der Waals surface area contributed by atoms with Crippen molar-refractivity contribution in [2.24, 2.45) is 0 Å². The van der Waals surface area contributed by atoms with Crippen LogP contribution in [0.5, 0.6) is 5.75 Å². The third kappa shape index (κ3) is 7.18. The Hall–Kier alpha value is -2.63. The first kappa shape index (κ1) is 27.6. The highest BCUT2D eigenvalue weighted by Gasteiger charge is 2.31. The summed E-state index contributed by atoms with van der Waals surface area (Å²) in [6.07, 6.45) is 4.94. The molecule has 0 aliphatic heterocycles. The molecule has 0 heterocycles. The van der Waals surface area contributed by atoms with Crippen molar-refractivity contribution in [1.29, 1.82) is 0 Å². The molecule has 1 atom stereocenters. The molecule has 0 amide bonds. The summed E-state index contributed by atoms with van der Waals surface area (Å²) >= 11 is 0. The second kappa shape index (κ2) is 11.7. The summed E-state index contributed by atoms with van der Waals surface area (Å²) in [5, 5.41) is 28.8. The van der Waals surface area contributed by atoms with Crippen LogP contribution in [-0.2, 0) is 10.2 Å². The van der Waals surface area contributed by atoms with Crippen LogP contribution < -0.4 is 4.74 Å². The summed E-state index contributed by atoms with van der Waals surface area (Å²) in [5.74, 6) is -0.228. The lowest BCUT2D eigenvalue weighted by atomic mass is 9.70. The number of carbonyl (C=O) groups is 1. The fraction of sp³-hybridized carbons (Fsp3) is 0.483. The van der Waals surface area contributed by atoms with Gasteiger partial charge in [0.2, 0.25) is 0 Å². The van der Waals surface area contributed by atoms with Crippen molar-refractivity contribution in [3.8, 4) is 5.75 Å². The number of carboxylic acids is 1. The number of rotatable bonds is 12. The van der Waals surface area contributed by atoms with Crippen molar-refractivity contribution in [2.45, 2.75) is 84.3 Å². The maximum absolute atomic E-state index is 10.7. The zero-order valence-corrected chi connectivity index (χ0v) is 21.4. The van der Waals surface area contributed by atoms with Gasteiger partial charge in [0.25, 0.3) is 0 Å². The number of hydrogen-bond donors (Lipinski definition) is 3. The van der Waals surface area contributed by atoms with Gasteiger partial charge in [-0.25, -0.2) is 0 Å². The van der Waals surface area contributed by atoms with Crippen molar-refractivity contribution in [3.63, 3.8) is 0 Å². The van der Waals surface area contributed by atoms with Gasteiger partial charge in [0.1, 0.15) is 12.4 Å². The first-order valence-corrected chi connectivity index (χ1v) is 12.1. The van der Waals surface area contributed by atoms with E-state index in [2.05, 4.69) is 51.1 Å². The van der Waals surface area contributed by atoms with E-state index in [0.717, 1.165) is 29.5 Å². The van der Waals surface area contributed by atoms with Crippen LogP contribution in [0.3, 0.4) is 0 Å². The molecule has 0 bridgehead atoms. The van der Waals surface area contributed by atoms with Gasteiger partial charge in [-0.1, -0.05) is 56.3 Å². The lowest BCUT2D eigenvalue weighted by Gasteiger charge is -2.34. The van der Waals surface area contributed by atoms with Gasteiger partial charge in [0.05, 0.1) is 11.7 Å². The molecule has 186 valence electrons. The van der Waals surface area contributed by atoms with Gasteiger partial charge in [-0.2, -0.15) is 0 Å². The molecule has 0 radical (unpaired) electrons. The molecule has 5 heteroatoms. The van der Waals surface area contributed by atoms with E-state index in [9.17, 15) is 15.0 Å². The molecule has 0 saturated carbocycles. The van der Waals surface area contributed by atoms with Crippen LogP contribution >= 0.6 is 0 Å². The molecule has 0 aliphatic carbocycles. The van der Waals surface area contributed by atoms with E-state index in [4.69, 9.17) is 9.84 Å². The highest BCUT2D eigenvalue weighted by Crippen LogP contribution is 2.41. The molecule has 0 saturated heterocycles. The smallest absolute Gasteiger partial charge is 0.303 e. The summed E-state index contributed by atoms with van der Waals surface area (Å²) in [7, 11) is 0. The maximum atomic E-state index is 10.7. The predicted octanol–water partition coefficient (Wildman–Crippen LogP) is 5.80.